The summed E-state index contributed by atoms with van der Waals surface area (Å²) < 4.78 is 1.74. The first-order chi connectivity index (χ1) is 13.0. The highest BCUT2D eigenvalue weighted by Crippen LogP contribution is 2.37. The third-order valence-corrected chi connectivity index (χ3v) is 6.62. The van der Waals surface area contributed by atoms with E-state index in [9.17, 15) is 14.7 Å². The van der Waals surface area contributed by atoms with E-state index in [1.165, 1.54) is 11.3 Å². The van der Waals surface area contributed by atoms with Crippen LogP contribution in [0.3, 0.4) is 0 Å². The molecule has 2 amide bonds. The highest BCUT2D eigenvalue weighted by Gasteiger charge is 2.34. The minimum atomic E-state index is -0.294. The van der Waals surface area contributed by atoms with Gasteiger partial charge in [-0.15, -0.1) is 11.3 Å². The molecule has 4 heterocycles. The first kappa shape index (κ1) is 18.2. The lowest BCUT2D eigenvalue weighted by Crippen LogP contribution is -2.39. The number of likely N-dealkylation sites (tertiary alicyclic amines) is 2. The van der Waals surface area contributed by atoms with Crippen LogP contribution >= 0.6 is 11.3 Å². The molecule has 2 aromatic heterocycles. The molecular weight excluding hydrogens is 364 g/mol. The average Bonchev–Trinajstić information content (AvgIpc) is 3.41. The minimum Gasteiger partial charge on any atom is -0.393 e. The molecule has 2 fully saturated rings. The van der Waals surface area contributed by atoms with Crippen LogP contribution in [0.5, 0.6) is 0 Å². The molecule has 1 atom stereocenters. The van der Waals surface area contributed by atoms with Crippen molar-refractivity contribution in [2.45, 2.75) is 37.8 Å². The molecule has 0 aromatic carbocycles. The number of hydrogen-bond donors (Lipinski definition) is 1. The molecule has 2 aliphatic heterocycles. The Kier molecular flexibility index (Phi) is 5.01. The lowest BCUT2D eigenvalue weighted by atomic mass is 10.1. The molecule has 2 aliphatic rings. The molecular formula is C19H24N4O3S. The largest absolute Gasteiger partial charge is 0.393 e. The monoisotopic (exact) mass is 388 g/mol. The average molecular weight is 388 g/mol. The van der Waals surface area contributed by atoms with Gasteiger partial charge in [0.25, 0.3) is 11.8 Å². The topological polar surface area (TPSA) is 78.7 Å². The first-order valence-electron chi connectivity index (χ1n) is 9.40. The second-order valence-corrected chi connectivity index (χ2v) is 8.36. The van der Waals surface area contributed by atoms with Crippen molar-refractivity contribution in [3.63, 3.8) is 0 Å². The molecule has 2 saturated heterocycles. The van der Waals surface area contributed by atoms with Crippen LogP contribution in [0, 0.1) is 0 Å². The zero-order valence-corrected chi connectivity index (χ0v) is 16.2. The fourth-order valence-electron chi connectivity index (χ4n) is 3.88. The van der Waals surface area contributed by atoms with E-state index >= 15 is 0 Å². The van der Waals surface area contributed by atoms with Gasteiger partial charge in [0, 0.05) is 44.0 Å². The van der Waals surface area contributed by atoms with E-state index in [0.717, 1.165) is 17.7 Å². The number of aliphatic hydroxyl groups excluding tert-OH is 1. The van der Waals surface area contributed by atoms with Crippen molar-refractivity contribution in [2.24, 2.45) is 7.05 Å². The number of carbonyl (C=O) groups excluding carboxylic acids is 2. The summed E-state index contributed by atoms with van der Waals surface area (Å²) in [7, 11) is 1.82. The number of aliphatic hydroxyl groups is 1. The van der Waals surface area contributed by atoms with Gasteiger partial charge in [0.1, 0.15) is 0 Å². The van der Waals surface area contributed by atoms with Crippen LogP contribution < -0.4 is 0 Å². The molecule has 7 nitrogen and oxygen atoms in total. The Hall–Kier alpha value is -2.19. The molecule has 0 bridgehead atoms. The van der Waals surface area contributed by atoms with Crippen molar-refractivity contribution < 1.29 is 14.7 Å². The Morgan fingerprint density at radius 3 is 2.63 bits per heavy atom. The van der Waals surface area contributed by atoms with Gasteiger partial charge in [0.15, 0.2) is 5.82 Å². The number of piperidine rings is 1. The molecule has 0 saturated carbocycles. The Morgan fingerprint density at radius 1 is 1.15 bits per heavy atom. The van der Waals surface area contributed by atoms with Crippen LogP contribution in [0.2, 0.25) is 0 Å². The van der Waals surface area contributed by atoms with Gasteiger partial charge in [-0.25, -0.2) is 4.98 Å². The zero-order chi connectivity index (χ0) is 19.0. The zero-order valence-electron chi connectivity index (χ0n) is 15.4. The molecule has 8 heteroatoms. The smallest absolute Gasteiger partial charge is 0.290 e. The molecule has 1 unspecified atom stereocenters. The third kappa shape index (κ3) is 3.51. The molecule has 0 radical (unpaired) electrons. The molecule has 1 N–H and O–H groups in total. The second kappa shape index (κ2) is 7.44. The summed E-state index contributed by atoms with van der Waals surface area (Å²) >= 11 is 1.48. The van der Waals surface area contributed by atoms with Gasteiger partial charge in [0.05, 0.1) is 17.0 Å². The first-order valence-corrected chi connectivity index (χ1v) is 10.2. The second-order valence-electron chi connectivity index (χ2n) is 7.24. The van der Waals surface area contributed by atoms with E-state index in [1.54, 1.807) is 17.0 Å². The van der Waals surface area contributed by atoms with Crippen molar-refractivity contribution in [1.29, 1.82) is 0 Å². The standard InChI is InChI=1S/C19H24N4O3S/c1-21-12-8-20-17(21)19(26)23-9-2-3-14(23)15-4-5-16(27-15)18(25)22-10-6-13(24)7-11-22/h4-5,8,12-14,24H,2-3,6-7,9-11H2,1H3. The number of rotatable bonds is 3. The molecule has 4 rings (SSSR count). The SMILES string of the molecule is Cn1ccnc1C(=O)N1CCCC1c1ccc(C(=O)N2CCC(O)CC2)s1. The van der Waals surface area contributed by atoms with E-state index in [0.29, 0.717) is 43.2 Å². The quantitative estimate of drug-likeness (QED) is 0.873. The van der Waals surface area contributed by atoms with E-state index in [1.807, 2.05) is 29.0 Å². The van der Waals surface area contributed by atoms with Crippen LogP contribution in [0.4, 0.5) is 0 Å². The van der Waals surface area contributed by atoms with Crippen molar-refractivity contribution >= 4 is 23.2 Å². The maximum atomic E-state index is 12.9. The highest BCUT2D eigenvalue weighted by molar-refractivity contribution is 7.14. The summed E-state index contributed by atoms with van der Waals surface area (Å²) in [4.78, 5) is 35.3. The molecule has 0 aliphatic carbocycles. The number of amides is 2. The van der Waals surface area contributed by atoms with Gasteiger partial charge in [-0.3, -0.25) is 9.59 Å². The lowest BCUT2D eigenvalue weighted by Gasteiger charge is -2.29. The highest BCUT2D eigenvalue weighted by atomic mass is 32.1. The van der Waals surface area contributed by atoms with Crippen LogP contribution in [-0.2, 0) is 7.05 Å². The predicted octanol–water partition coefficient (Wildman–Crippen LogP) is 2.06. The van der Waals surface area contributed by atoms with Crippen molar-refractivity contribution in [3.05, 3.63) is 40.1 Å². The Labute approximate surface area is 162 Å². The van der Waals surface area contributed by atoms with Crippen LogP contribution in [0.25, 0.3) is 0 Å². The van der Waals surface area contributed by atoms with Gasteiger partial charge in [-0.1, -0.05) is 0 Å². The van der Waals surface area contributed by atoms with Crippen LogP contribution in [-0.4, -0.2) is 62.0 Å². The summed E-state index contributed by atoms with van der Waals surface area (Å²) in [6.07, 6.45) is 6.24. The van der Waals surface area contributed by atoms with Gasteiger partial charge < -0.3 is 19.5 Å². The number of nitrogens with zero attached hydrogens (tertiary/aromatic N) is 4. The van der Waals surface area contributed by atoms with Crippen LogP contribution in [0.15, 0.2) is 24.5 Å². The van der Waals surface area contributed by atoms with Gasteiger partial charge in [-0.05, 0) is 37.8 Å². The van der Waals surface area contributed by atoms with Crippen molar-refractivity contribution in [2.75, 3.05) is 19.6 Å². The Balaban J connectivity index is 1.49. The molecule has 0 spiro atoms. The maximum Gasteiger partial charge on any atom is 0.290 e. The fraction of sp³-hybridized carbons (Fsp3) is 0.526. The van der Waals surface area contributed by atoms with Crippen LogP contribution in [0.1, 0.15) is 56.9 Å². The van der Waals surface area contributed by atoms with E-state index in [-0.39, 0.29) is 24.0 Å². The van der Waals surface area contributed by atoms with E-state index in [4.69, 9.17) is 0 Å². The van der Waals surface area contributed by atoms with Gasteiger partial charge in [-0.2, -0.15) is 0 Å². The number of hydrogen-bond acceptors (Lipinski definition) is 5. The minimum absolute atomic E-state index is 0.00364. The molecule has 144 valence electrons. The van der Waals surface area contributed by atoms with Crippen molar-refractivity contribution in [1.82, 2.24) is 19.4 Å². The van der Waals surface area contributed by atoms with Crippen molar-refractivity contribution in [3.8, 4) is 0 Å². The summed E-state index contributed by atoms with van der Waals surface area (Å²) in [6, 6.07) is 3.85. The van der Waals surface area contributed by atoms with Gasteiger partial charge in [0.2, 0.25) is 0 Å². The Bertz CT molecular complexity index is 838. The maximum absolute atomic E-state index is 12.9. The number of aryl methyl sites for hydroxylation is 1. The summed E-state index contributed by atoms with van der Waals surface area (Å²) in [5, 5.41) is 9.63. The van der Waals surface area contributed by atoms with E-state index < -0.39 is 0 Å². The van der Waals surface area contributed by atoms with E-state index in [2.05, 4.69) is 4.98 Å². The summed E-state index contributed by atoms with van der Waals surface area (Å²) in [6.45, 7) is 1.91. The lowest BCUT2D eigenvalue weighted by molar-refractivity contribution is 0.0550. The summed E-state index contributed by atoms with van der Waals surface area (Å²) in [5.74, 6) is 0.413. The third-order valence-electron chi connectivity index (χ3n) is 5.44. The Morgan fingerprint density at radius 2 is 1.93 bits per heavy atom. The number of carbonyl (C=O) groups is 2. The molecule has 2 aromatic rings. The predicted molar refractivity (Wildman–Crippen MR) is 102 cm³/mol. The fourth-order valence-corrected chi connectivity index (χ4v) is 5.00. The molecule has 27 heavy (non-hydrogen) atoms. The normalized spacial score (nSPS) is 21.0. The summed E-state index contributed by atoms with van der Waals surface area (Å²) in [5.41, 5.74) is 0. The number of thiophene rings is 1. The number of aromatic nitrogens is 2. The number of imidazole rings is 1. The van der Waals surface area contributed by atoms with Gasteiger partial charge >= 0.3 is 0 Å².